The maximum atomic E-state index is 13.7. The molecule has 10 nitrogen and oxygen atoms in total. The Kier molecular flexibility index (Phi) is 8.70. The van der Waals surface area contributed by atoms with E-state index in [1.165, 1.54) is 33.5 Å². The Hall–Kier alpha value is -4.71. The van der Waals surface area contributed by atoms with Gasteiger partial charge in [-0.2, -0.15) is 5.26 Å². The number of benzene rings is 2. The molecule has 5 rings (SSSR count). The third kappa shape index (κ3) is 6.41. The highest BCUT2D eigenvalue weighted by molar-refractivity contribution is 7.18. The zero-order chi connectivity index (χ0) is 32.6. The minimum Gasteiger partial charge on any atom is -0.491 e. The van der Waals surface area contributed by atoms with Gasteiger partial charge in [0.25, 0.3) is 5.56 Å². The van der Waals surface area contributed by atoms with Gasteiger partial charge in [0, 0.05) is 39.8 Å². The molecular weight excluding hydrogens is 635 g/mol. The van der Waals surface area contributed by atoms with E-state index >= 15 is 0 Å². The number of aromatic nitrogens is 3. The van der Waals surface area contributed by atoms with Gasteiger partial charge in [0.1, 0.15) is 29.8 Å². The van der Waals surface area contributed by atoms with Gasteiger partial charge in [-0.15, -0.1) is 24.5 Å². The second kappa shape index (κ2) is 12.4. The lowest BCUT2D eigenvalue weighted by atomic mass is 10.0. The van der Waals surface area contributed by atoms with Crippen LogP contribution in [0.5, 0.6) is 11.5 Å². The van der Waals surface area contributed by atoms with Crippen LogP contribution in [0.15, 0.2) is 46.7 Å². The first kappa shape index (κ1) is 31.7. The molecule has 5 aromatic rings. The predicted molar refractivity (Wildman–Crippen MR) is 162 cm³/mol. The Morgan fingerprint density at radius 3 is 2.64 bits per heavy atom. The molecule has 45 heavy (non-hydrogen) atoms. The number of pyridine rings is 1. The quantitative estimate of drug-likeness (QED) is 0.196. The van der Waals surface area contributed by atoms with E-state index in [4.69, 9.17) is 16.3 Å². The highest BCUT2D eigenvalue weighted by atomic mass is 35.5. The first-order chi connectivity index (χ1) is 21.3. The third-order valence-corrected chi connectivity index (χ3v) is 8.01. The fraction of sp³-hybridized carbons (Fsp3) is 0.233. The maximum Gasteiger partial charge on any atom is 0.573 e. The van der Waals surface area contributed by atoms with E-state index in [9.17, 15) is 33.1 Å². The van der Waals surface area contributed by atoms with Crippen LogP contribution in [0, 0.1) is 18.3 Å². The Morgan fingerprint density at radius 1 is 1.22 bits per heavy atom. The number of rotatable bonds is 9. The van der Waals surface area contributed by atoms with Gasteiger partial charge in [0.15, 0.2) is 5.75 Å². The summed E-state index contributed by atoms with van der Waals surface area (Å²) in [5.74, 6) is -1.22. The van der Waals surface area contributed by atoms with Crippen LogP contribution in [-0.4, -0.2) is 57.6 Å². The van der Waals surface area contributed by atoms with E-state index in [2.05, 4.69) is 14.7 Å². The van der Waals surface area contributed by atoms with Crippen molar-refractivity contribution in [2.45, 2.75) is 26.4 Å². The van der Waals surface area contributed by atoms with Crippen molar-refractivity contribution in [2.24, 2.45) is 0 Å². The number of carboxylic acid groups (broad SMARTS) is 1. The van der Waals surface area contributed by atoms with Gasteiger partial charge in [0.05, 0.1) is 33.2 Å². The second-order valence-corrected chi connectivity index (χ2v) is 11.4. The summed E-state index contributed by atoms with van der Waals surface area (Å²) in [6.45, 7) is 1.43. The molecule has 0 radical (unpaired) electrons. The number of nitrogens with zero attached hydrogens (tertiary/aromatic N) is 5. The Balaban J connectivity index is 1.52. The van der Waals surface area contributed by atoms with Crippen LogP contribution in [0.25, 0.3) is 32.2 Å². The first-order valence-corrected chi connectivity index (χ1v) is 14.4. The number of alkyl halides is 3. The van der Waals surface area contributed by atoms with Gasteiger partial charge in [-0.1, -0.05) is 11.6 Å². The van der Waals surface area contributed by atoms with Gasteiger partial charge in [-0.25, -0.2) is 9.78 Å². The molecule has 0 aliphatic heterocycles. The molecular formula is C30H23ClF3N5O5S. The summed E-state index contributed by atoms with van der Waals surface area (Å²) >= 11 is 7.51. The lowest BCUT2D eigenvalue weighted by molar-refractivity contribution is -0.275. The molecule has 0 bridgehead atoms. The molecule has 1 N–H and O–H groups in total. The normalized spacial score (nSPS) is 11.7. The molecule has 3 aromatic heterocycles. The smallest absolute Gasteiger partial charge is 0.491 e. The molecule has 0 atom stereocenters. The van der Waals surface area contributed by atoms with Crippen LogP contribution in [-0.2, 0) is 13.1 Å². The Morgan fingerprint density at radius 2 is 1.98 bits per heavy atom. The van der Waals surface area contributed by atoms with Crippen molar-refractivity contribution in [3.63, 3.8) is 0 Å². The van der Waals surface area contributed by atoms with E-state index in [1.807, 2.05) is 0 Å². The number of halogens is 4. The van der Waals surface area contributed by atoms with Gasteiger partial charge in [-0.05, 0) is 51.4 Å². The number of thiophene rings is 1. The Labute approximate surface area is 262 Å². The second-order valence-electron chi connectivity index (χ2n) is 10.1. The lowest BCUT2D eigenvalue weighted by Gasteiger charge is -2.19. The topological polar surface area (TPSA) is 131 Å². The maximum absolute atomic E-state index is 13.7. The van der Waals surface area contributed by atoms with E-state index in [0.29, 0.717) is 32.1 Å². The summed E-state index contributed by atoms with van der Waals surface area (Å²) < 4.78 is 52.2. The number of carbonyl (C=O) groups is 1. The predicted octanol–water partition coefficient (Wildman–Crippen LogP) is 6.24. The van der Waals surface area contributed by atoms with Crippen LogP contribution in [0.1, 0.15) is 27.3 Å². The summed E-state index contributed by atoms with van der Waals surface area (Å²) in [5.41, 5.74) is 0.404. The van der Waals surface area contributed by atoms with E-state index < -0.39 is 29.2 Å². The number of aromatic carboxylic acids is 1. The molecule has 0 spiro atoms. The van der Waals surface area contributed by atoms with Crippen molar-refractivity contribution in [1.29, 1.82) is 5.26 Å². The van der Waals surface area contributed by atoms with Crippen molar-refractivity contribution in [3.05, 3.63) is 79.8 Å². The van der Waals surface area contributed by atoms with Crippen LogP contribution in [0.3, 0.4) is 0 Å². The Bertz CT molecular complexity index is 2070. The van der Waals surface area contributed by atoms with Crippen molar-refractivity contribution in [1.82, 2.24) is 19.4 Å². The third-order valence-electron chi connectivity index (χ3n) is 6.77. The average Bonchev–Trinajstić information content (AvgIpc) is 3.40. The number of aryl methyl sites for hydroxylation is 1. The number of carboxylic acids is 1. The van der Waals surface area contributed by atoms with E-state index in [0.717, 1.165) is 0 Å². The minimum atomic E-state index is -5.10. The molecule has 2 aromatic carbocycles. The number of nitriles is 1. The molecule has 0 aliphatic carbocycles. The summed E-state index contributed by atoms with van der Waals surface area (Å²) in [4.78, 5) is 35.6. The summed E-state index contributed by atoms with van der Waals surface area (Å²) in [5, 5.41) is 21.0. The van der Waals surface area contributed by atoms with Crippen molar-refractivity contribution < 1.29 is 32.5 Å². The minimum absolute atomic E-state index is 0.00395. The summed E-state index contributed by atoms with van der Waals surface area (Å²) in [6, 6.07) is 9.65. The van der Waals surface area contributed by atoms with Crippen LogP contribution in [0.2, 0.25) is 5.02 Å². The van der Waals surface area contributed by atoms with Crippen molar-refractivity contribution in [2.75, 3.05) is 20.7 Å². The average molecular weight is 658 g/mol. The number of hydrogen-bond acceptors (Lipinski definition) is 9. The fourth-order valence-corrected chi connectivity index (χ4v) is 6.17. The zero-order valence-electron chi connectivity index (χ0n) is 23.9. The fourth-order valence-electron chi connectivity index (χ4n) is 4.97. The van der Waals surface area contributed by atoms with Crippen LogP contribution >= 0.6 is 22.9 Å². The number of ether oxygens (including phenoxy) is 2. The molecule has 15 heteroatoms. The van der Waals surface area contributed by atoms with Gasteiger partial charge >= 0.3 is 12.3 Å². The van der Waals surface area contributed by atoms with E-state index in [-0.39, 0.29) is 47.6 Å². The summed E-state index contributed by atoms with van der Waals surface area (Å²) in [7, 11) is 3.28. The molecule has 0 unspecified atom stereocenters. The molecule has 232 valence electrons. The van der Waals surface area contributed by atoms with Crippen LogP contribution < -0.4 is 15.0 Å². The molecule has 0 saturated heterocycles. The molecule has 3 heterocycles. The van der Waals surface area contributed by atoms with Crippen molar-refractivity contribution in [3.8, 4) is 28.7 Å². The zero-order valence-corrected chi connectivity index (χ0v) is 25.5. The highest BCUT2D eigenvalue weighted by Crippen LogP contribution is 2.40. The van der Waals surface area contributed by atoms with Gasteiger partial charge in [-0.3, -0.25) is 14.3 Å². The molecule has 0 saturated carbocycles. The van der Waals surface area contributed by atoms with Crippen molar-refractivity contribution >= 4 is 50.0 Å². The molecule has 0 aliphatic rings. The standard InChI is InChI=1S/C30H23ClF3N5O5S/c1-15-37-22-10-16(13-38(2)3)26(44-30(32,33)34)20(12-35)24(22)28(40)39(15)8-9-43-23-5-4-17(31)11-19(23)18-6-7-36-25-21(29(41)42)14-45-27(18)25/h4-7,10-11,14H,8-9,13H2,1-3H3,(H,41,42). The van der Waals surface area contributed by atoms with Crippen LogP contribution in [0.4, 0.5) is 13.2 Å². The van der Waals surface area contributed by atoms with Gasteiger partial charge < -0.3 is 19.5 Å². The largest absolute Gasteiger partial charge is 0.573 e. The monoisotopic (exact) mass is 657 g/mol. The number of hydrogen-bond donors (Lipinski definition) is 1. The highest BCUT2D eigenvalue weighted by Gasteiger charge is 2.35. The van der Waals surface area contributed by atoms with E-state index in [1.54, 1.807) is 56.3 Å². The molecule has 0 amide bonds. The summed E-state index contributed by atoms with van der Waals surface area (Å²) in [6.07, 6.45) is -3.61. The lowest BCUT2D eigenvalue weighted by Crippen LogP contribution is -2.28. The first-order valence-electron chi connectivity index (χ1n) is 13.2. The van der Waals surface area contributed by atoms with Gasteiger partial charge in [0.2, 0.25) is 0 Å². The number of fused-ring (bicyclic) bond motifs is 2. The molecule has 0 fully saturated rings. The SMILES string of the molecule is Cc1nc2cc(CN(C)C)c(OC(F)(F)F)c(C#N)c2c(=O)n1CCOc1ccc(Cl)cc1-c1ccnc2c(C(=O)O)csc12.